The first-order valence-corrected chi connectivity index (χ1v) is 7.46. The molecule has 20 heavy (non-hydrogen) atoms. The Hall–Kier alpha value is -0.810. The summed E-state index contributed by atoms with van der Waals surface area (Å²) in [5.41, 5.74) is -0.444. The first-order valence-electron chi connectivity index (χ1n) is 7.46. The van der Waals surface area contributed by atoms with Crippen LogP contribution in [0.1, 0.15) is 47.5 Å². The van der Waals surface area contributed by atoms with Gasteiger partial charge in [0.2, 0.25) is 0 Å². The summed E-state index contributed by atoms with van der Waals surface area (Å²) in [7, 11) is 1.70. The van der Waals surface area contributed by atoms with Crippen molar-refractivity contribution < 1.29 is 14.3 Å². The van der Waals surface area contributed by atoms with Gasteiger partial charge in [-0.25, -0.2) is 4.79 Å². The molecular weight excluding hydrogens is 256 g/mol. The molecule has 1 heterocycles. The average Bonchev–Trinajstić information content (AvgIpc) is 2.38. The molecule has 0 aromatic heterocycles. The molecule has 5 heteroatoms. The molecule has 1 N–H and O–H groups in total. The molecule has 1 aliphatic heterocycles. The molecular formula is C15H30N2O3. The van der Waals surface area contributed by atoms with Crippen molar-refractivity contribution in [1.29, 1.82) is 0 Å². The van der Waals surface area contributed by atoms with Crippen LogP contribution < -0.4 is 5.32 Å². The number of carbonyl (C=O) groups excluding carboxylic acids is 1. The molecule has 1 rings (SSSR count). The second-order valence-electron chi connectivity index (χ2n) is 6.59. The summed E-state index contributed by atoms with van der Waals surface area (Å²) >= 11 is 0. The van der Waals surface area contributed by atoms with E-state index in [9.17, 15) is 4.79 Å². The zero-order valence-electron chi connectivity index (χ0n) is 13.8. The Bertz CT molecular complexity index is 333. The molecule has 0 bridgehead atoms. The maximum absolute atomic E-state index is 12.3. The molecule has 0 aliphatic carbocycles. The number of amides is 2. The van der Waals surface area contributed by atoms with E-state index in [1.807, 2.05) is 25.7 Å². The third kappa shape index (κ3) is 4.94. The minimum absolute atomic E-state index is 0.00706. The Kier molecular flexibility index (Phi) is 5.83. The number of nitrogens with zero attached hydrogens (tertiary/aromatic N) is 1. The molecule has 2 atom stereocenters. The maximum Gasteiger partial charge on any atom is 0.317 e. The Balaban J connectivity index is 2.50. The third-order valence-corrected chi connectivity index (χ3v) is 4.09. The quantitative estimate of drug-likeness (QED) is 0.844. The summed E-state index contributed by atoms with van der Waals surface area (Å²) in [6.07, 6.45) is 1.69. The number of hydrogen-bond acceptors (Lipinski definition) is 3. The van der Waals surface area contributed by atoms with E-state index in [-0.39, 0.29) is 23.3 Å². The predicted molar refractivity (Wildman–Crippen MR) is 79.9 cm³/mol. The number of rotatable bonds is 5. The van der Waals surface area contributed by atoms with Crippen molar-refractivity contribution in [3.63, 3.8) is 0 Å². The van der Waals surface area contributed by atoms with Gasteiger partial charge in [0.1, 0.15) is 0 Å². The summed E-state index contributed by atoms with van der Waals surface area (Å²) in [6, 6.07) is 0.0700. The number of hydrogen-bond donors (Lipinski definition) is 1. The Labute approximate surface area is 123 Å². The lowest BCUT2D eigenvalue weighted by molar-refractivity contribution is -0.0876. The fourth-order valence-electron chi connectivity index (χ4n) is 2.49. The van der Waals surface area contributed by atoms with E-state index < -0.39 is 0 Å². The third-order valence-electron chi connectivity index (χ3n) is 4.09. The predicted octanol–water partition coefficient (Wildman–Crippen LogP) is 2.40. The topological polar surface area (TPSA) is 50.8 Å². The van der Waals surface area contributed by atoms with E-state index in [4.69, 9.17) is 9.47 Å². The highest BCUT2D eigenvalue weighted by molar-refractivity contribution is 5.74. The van der Waals surface area contributed by atoms with Gasteiger partial charge in [-0.3, -0.25) is 0 Å². The highest BCUT2D eigenvalue weighted by atomic mass is 16.5. The lowest BCUT2D eigenvalue weighted by Gasteiger charge is -2.40. The van der Waals surface area contributed by atoms with Crippen LogP contribution in [0, 0.1) is 0 Å². The summed E-state index contributed by atoms with van der Waals surface area (Å²) in [5, 5.41) is 3.05. The molecule has 0 saturated carbocycles. The summed E-state index contributed by atoms with van der Waals surface area (Å²) in [5.74, 6) is 0. The second-order valence-corrected chi connectivity index (χ2v) is 6.59. The molecule has 5 nitrogen and oxygen atoms in total. The van der Waals surface area contributed by atoms with Gasteiger partial charge in [-0.15, -0.1) is 0 Å². The molecule has 0 aromatic carbocycles. The van der Waals surface area contributed by atoms with E-state index in [0.29, 0.717) is 19.7 Å². The number of nitrogens with one attached hydrogen (secondary N) is 1. The lowest BCUT2D eigenvalue weighted by atomic mass is 9.99. The van der Waals surface area contributed by atoms with Crippen LogP contribution in [0.15, 0.2) is 0 Å². The van der Waals surface area contributed by atoms with Gasteiger partial charge >= 0.3 is 6.03 Å². The summed E-state index contributed by atoms with van der Waals surface area (Å²) in [4.78, 5) is 14.2. The van der Waals surface area contributed by atoms with Crippen LogP contribution in [-0.4, -0.2) is 55.0 Å². The van der Waals surface area contributed by atoms with Crippen molar-refractivity contribution >= 4 is 6.03 Å². The zero-order valence-corrected chi connectivity index (χ0v) is 13.8. The van der Waals surface area contributed by atoms with Gasteiger partial charge in [0.15, 0.2) is 0 Å². The zero-order chi connectivity index (χ0) is 15.4. The van der Waals surface area contributed by atoms with Gasteiger partial charge in [-0.1, -0.05) is 6.92 Å². The van der Waals surface area contributed by atoms with Crippen molar-refractivity contribution in [2.75, 3.05) is 26.8 Å². The van der Waals surface area contributed by atoms with Crippen LogP contribution in [0.4, 0.5) is 4.79 Å². The van der Waals surface area contributed by atoms with E-state index in [2.05, 4.69) is 19.2 Å². The lowest BCUT2D eigenvalue weighted by Crippen LogP contribution is -2.56. The van der Waals surface area contributed by atoms with Crippen molar-refractivity contribution in [2.45, 2.75) is 64.7 Å². The van der Waals surface area contributed by atoms with Gasteiger partial charge < -0.3 is 19.7 Å². The van der Waals surface area contributed by atoms with Crippen LogP contribution in [0.5, 0.6) is 0 Å². The van der Waals surface area contributed by atoms with Gasteiger partial charge in [0.25, 0.3) is 0 Å². The van der Waals surface area contributed by atoms with Crippen LogP contribution in [0.3, 0.4) is 0 Å². The molecule has 0 spiro atoms. The molecule has 0 unspecified atom stereocenters. The molecule has 118 valence electrons. The van der Waals surface area contributed by atoms with Gasteiger partial charge in [0.05, 0.1) is 24.4 Å². The van der Waals surface area contributed by atoms with E-state index in [0.717, 1.165) is 12.8 Å². The SMILES string of the molecule is CC[C@@]1(C)CN(C(=O)N[C@H](C)CC(C)(C)OC)CCO1. The molecule has 0 aromatic rings. The number of carbonyl (C=O) groups is 1. The minimum Gasteiger partial charge on any atom is -0.379 e. The standard InChI is InChI=1S/C15H30N2O3/c1-7-15(5)11-17(8-9-20-15)13(18)16-12(2)10-14(3,4)19-6/h12H,7-11H2,1-6H3,(H,16,18)/t12-,15+/m1/s1. The number of methoxy groups -OCH3 is 1. The van der Waals surface area contributed by atoms with Crippen molar-refractivity contribution in [3.05, 3.63) is 0 Å². The number of urea groups is 1. The van der Waals surface area contributed by atoms with Crippen LogP contribution in [0.2, 0.25) is 0 Å². The number of morpholine rings is 1. The monoisotopic (exact) mass is 286 g/mol. The smallest absolute Gasteiger partial charge is 0.317 e. The normalized spacial score (nSPS) is 25.4. The molecule has 1 saturated heterocycles. The fourth-order valence-corrected chi connectivity index (χ4v) is 2.49. The largest absolute Gasteiger partial charge is 0.379 e. The minimum atomic E-state index is -0.227. The second kappa shape index (κ2) is 6.76. The van der Waals surface area contributed by atoms with Gasteiger partial charge in [-0.05, 0) is 40.5 Å². The van der Waals surface area contributed by atoms with Crippen LogP contribution >= 0.6 is 0 Å². The van der Waals surface area contributed by atoms with Crippen LogP contribution in [-0.2, 0) is 9.47 Å². The molecule has 0 radical (unpaired) electrons. The summed E-state index contributed by atoms with van der Waals surface area (Å²) in [6.45, 7) is 12.1. The number of ether oxygens (including phenoxy) is 2. The van der Waals surface area contributed by atoms with E-state index in [1.54, 1.807) is 7.11 Å². The molecule has 1 aliphatic rings. The average molecular weight is 286 g/mol. The van der Waals surface area contributed by atoms with Crippen LogP contribution in [0.25, 0.3) is 0 Å². The Morgan fingerprint density at radius 3 is 2.75 bits per heavy atom. The van der Waals surface area contributed by atoms with Crippen molar-refractivity contribution in [3.8, 4) is 0 Å². The van der Waals surface area contributed by atoms with Crippen molar-refractivity contribution in [1.82, 2.24) is 10.2 Å². The Morgan fingerprint density at radius 1 is 1.55 bits per heavy atom. The summed E-state index contributed by atoms with van der Waals surface area (Å²) < 4.78 is 11.2. The van der Waals surface area contributed by atoms with Crippen molar-refractivity contribution in [2.24, 2.45) is 0 Å². The molecule has 2 amide bonds. The highest BCUT2D eigenvalue weighted by Gasteiger charge is 2.33. The first kappa shape index (κ1) is 17.2. The van der Waals surface area contributed by atoms with E-state index >= 15 is 0 Å². The van der Waals surface area contributed by atoms with E-state index in [1.165, 1.54) is 0 Å². The van der Waals surface area contributed by atoms with Gasteiger partial charge in [0, 0.05) is 19.7 Å². The fraction of sp³-hybridized carbons (Fsp3) is 0.933. The first-order chi connectivity index (χ1) is 9.21. The van der Waals surface area contributed by atoms with Gasteiger partial charge in [-0.2, -0.15) is 0 Å². The Morgan fingerprint density at radius 2 is 2.20 bits per heavy atom. The maximum atomic E-state index is 12.3. The highest BCUT2D eigenvalue weighted by Crippen LogP contribution is 2.21. The molecule has 1 fully saturated rings.